The van der Waals surface area contributed by atoms with E-state index < -0.39 is 23.4 Å². The number of alkyl halides is 2. The zero-order valence-corrected chi connectivity index (χ0v) is 9.55. The normalized spacial score (nSPS) is 10.6. The van der Waals surface area contributed by atoms with Crippen molar-refractivity contribution in [3.05, 3.63) is 33.2 Å². The van der Waals surface area contributed by atoms with Gasteiger partial charge in [0.2, 0.25) is 0 Å². The molecule has 0 amide bonds. The van der Waals surface area contributed by atoms with Gasteiger partial charge in [0, 0.05) is 17.5 Å². The number of aromatic nitrogens is 1. The lowest BCUT2D eigenvalue weighted by Gasteiger charge is -2.09. The molecule has 0 aliphatic carbocycles. The lowest BCUT2D eigenvalue weighted by atomic mass is 10.1. The van der Waals surface area contributed by atoms with Crippen LogP contribution in [0, 0.1) is 6.92 Å². The summed E-state index contributed by atoms with van der Waals surface area (Å²) < 4.78 is 30.0. The standard InChI is InChI=1S/C11H13F2NO3/c1-3-17-9(16)5-7-10(11(12)13)8(15)4-6(2)14-7/h4,11H,3,5H2,1-2H3,(H,14,15). The van der Waals surface area contributed by atoms with Crippen molar-refractivity contribution in [1.29, 1.82) is 0 Å². The van der Waals surface area contributed by atoms with Crippen LogP contribution in [-0.2, 0) is 16.0 Å². The number of H-pyrrole nitrogens is 1. The number of aryl methyl sites for hydroxylation is 1. The summed E-state index contributed by atoms with van der Waals surface area (Å²) >= 11 is 0. The first kappa shape index (κ1) is 13.3. The summed E-state index contributed by atoms with van der Waals surface area (Å²) in [4.78, 5) is 25.2. The number of nitrogens with one attached hydrogen (secondary N) is 1. The van der Waals surface area contributed by atoms with E-state index in [-0.39, 0.29) is 18.7 Å². The Kier molecular flexibility index (Phi) is 4.37. The fourth-order valence-corrected chi connectivity index (χ4v) is 1.50. The molecule has 1 N–H and O–H groups in total. The van der Waals surface area contributed by atoms with Gasteiger partial charge in [-0.3, -0.25) is 9.59 Å². The molecule has 0 saturated heterocycles. The Morgan fingerprint density at radius 2 is 2.18 bits per heavy atom. The Labute approximate surface area is 96.6 Å². The van der Waals surface area contributed by atoms with E-state index in [1.165, 1.54) is 0 Å². The Morgan fingerprint density at radius 1 is 1.53 bits per heavy atom. The molecule has 6 heteroatoms. The van der Waals surface area contributed by atoms with E-state index in [9.17, 15) is 18.4 Å². The molecule has 17 heavy (non-hydrogen) atoms. The summed E-state index contributed by atoms with van der Waals surface area (Å²) in [6.07, 6.45) is -3.27. The molecule has 1 heterocycles. The SMILES string of the molecule is CCOC(=O)Cc1[nH]c(C)cc(=O)c1C(F)F. The third kappa shape index (κ3) is 3.37. The van der Waals surface area contributed by atoms with E-state index in [1.807, 2.05) is 0 Å². The highest BCUT2D eigenvalue weighted by molar-refractivity contribution is 5.72. The molecule has 4 nitrogen and oxygen atoms in total. The van der Waals surface area contributed by atoms with Gasteiger partial charge in [0.25, 0.3) is 6.43 Å². The summed E-state index contributed by atoms with van der Waals surface area (Å²) in [6, 6.07) is 1.08. The molecule has 0 radical (unpaired) electrons. The van der Waals surface area contributed by atoms with Gasteiger partial charge in [0.05, 0.1) is 18.6 Å². The average molecular weight is 245 g/mol. The largest absolute Gasteiger partial charge is 0.466 e. The predicted molar refractivity (Wildman–Crippen MR) is 57.1 cm³/mol. The summed E-state index contributed by atoms with van der Waals surface area (Å²) in [5, 5.41) is 0. The van der Waals surface area contributed by atoms with Gasteiger partial charge < -0.3 is 9.72 Å². The first-order valence-electron chi connectivity index (χ1n) is 5.12. The molecule has 0 aliphatic rings. The number of esters is 1. The molecule has 0 fully saturated rings. The van der Waals surface area contributed by atoms with Crippen LogP contribution < -0.4 is 5.43 Å². The van der Waals surface area contributed by atoms with Crippen molar-refractivity contribution in [3.8, 4) is 0 Å². The number of rotatable bonds is 4. The van der Waals surface area contributed by atoms with Crippen molar-refractivity contribution >= 4 is 5.97 Å². The van der Waals surface area contributed by atoms with Crippen LogP contribution in [-0.4, -0.2) is 17.6 Å². The zero-order chi connectivity index (χ0) is 13.0. The van der Waals surface area contributed by atoms with Gasteiger partial charge in [-0.2, -0.15) is 0 Å². The maximum Gasteiger partial charge on any atom is 0.311 e. The van der Waals surface area contributed by atoms with E-state index in [4.69, 9.17) is 0 Å². The number of hydrogen-bond donors (Lipinski definition) is 1. The molecule has 94 valence electrons. The molecular weight excluding hydrogens is 232 g/mol. The lowest BCUT2D eigenvalue weighted by Crippen LogP contribution is -2.18. The summed E-state index contributed by atoms with van der Waals surface area (Å²) in [6.45, 7) is 3.34. The quantitative estimate of drug-likeness (QED) is 0.822. The van der Waals surface area contributed by atoms with Crippen LogP contribution in [0.3, 0.4) is 0 Å². The number of carbonyl (C=O) groups is 1. The second kappa shape index (κ2) is 5.56. The molecule has 0 spiro atoms. The van der Waals surface area contributed by atoms with E-state index >= 15 is 0 Å². The topological polar surface area (TPSA) is 59.2 Å². The van der Waals surface area contributed by atoms with Gasteiger partial charge >= 0.3 is 5.97 Å². The van der Waals surface area contributed by atoms with E-state index in [2.05, 4.69) is 9.72 Å². The average Bonchev–Trinajstić information content (AvgIpc) is 2.15. The second-order valence-corrected chi connectivity index (χ2v) is 3.49. The smallest absolute Gasteiger partial charge is 0.311 e. The third-order valence-electron chi connectivity index (χ3n) is 2.13. The van der Waals surface area contributed by atoms with Crippen LogP contribution >= 0.6 is 0 Å². The molecule has 0 aliphatic heterocycles. The fraction of sp³-hybridized carbons (Fsp3) is 0.455. The van der Waals surface area contributed by atoms with Crippen molar-refractivity contribution in [1.82, 2.24) is 4.98 Å². The number of ether oxygens (including phenoxy) is 1. The van der Waals surface area contributed by atoms with Crippen molar-refractivity contribution < 1.29 is 18.3 Å². The van der Waals surface area contributed by atoms with Gasteiger partial charge in [0.1, 0.15) is 0 Å². The number of aromatic amines is 1. The highest BCUT2D eigenvalue weighted by atomic mass is 19.3. The summed E-state index contributed by atoms with van der Waals surface area (Å²) in [5.41, 5.74) is -1.08. The van der Waals surface area contributed by atoms with Gasteiger partial charge in [-0.05, 0) is 13.8 Å². The summed E-state index contributed by atoms with van der Waals surface area (Å²) in [5.74, 6) is -0.643. The third-order valence-corrected chi connectivity index (χ3v) is 2.13. The van der Waals surface area contributed by atoms with Crippen LogP contribution in [0.15, 0.2) is 10.9 Å². The number of carbonyl (C=O) groups excluding carboxylic acids is 1. The molecule has 1 aromatic heterocycles. The number of halogens is 2. The van der Waals surface area contributed by atoms with Crippen LogP contribution in [0.1, 0.15) is 30.3 Å². The Morgan fingerprint density at radius 3 is 2.71 bits per heavy atom. The highest BCUT2D eigenvalue weighted by Crippen LogP contribution is 2.19. The highest BCUT2D eigenvalue weighted by Gasteiger charge is 2.20. The molecule has 0 aromatic carbocycles. The van der Waals surface area contributed by atoms with Gasteiger partial charge in [-0.25, -0.2) is 8.78 Å². The van der Waals surface area contributed by atoms with Crippen LogP contribution in [0.25, 0.3) is 0 Å². The number of hydrogen-bond acceptors (Lipinski definition) is 3. The Bertz CT molecular complexity index is 468. The van der Waals surface area contributed by atoms with Crippen molar-refractivity contribution in [3.63, 3.8) is 0 Å². The number of pyridine rings is 1. The first-order valence-corrected chi connectivity index (χ1v) is 5.12. The maximum atomic E-state index is 12.7. The fourth-order valence-electron chi connectivity index (χ4n) is 1.50. The lowest BCUT2D eigenvalue weighted by molar-refractivity contribution is -0.142. The molecule has 0 unspecified atom stereocenters. The van der Waals surface area contributed by atoms with Crippen molar-refractivity contribution in [2.24, 2.45) is 0 Å². The Balaban J connectivity index is 3.12. The second-order valence-electron chi connectivity index (χ2n) is 3.49. The monoisotopic (exact) mass is 245 g/mol. The van der Waals surface area contributed by atoms with Gasteiger partial charge in [-0.15, -0.1) is 0 Å². The minimum absolute atomic E-state index is 0.0801. The van der Waals surface area contributed by atoms with E-state index in [1.54, 1.807) is 13.8 Å². The van der Waals surface area contributed by atoms with Crippen LogP contribution in [0.4, 0.5) is 8.78 Å². The van der Waals surface area contributed by atoms with E-state index in [0.717, 1.165) is 6.07 Å². The minimum Gasteiger partial charge on any atom is -0.466 e. The molecule has 1 rings (SSSR count). The van der Waals surface area contributed by atoms with Crippen molar-refractivity contribution in [2.75, 3.05) is 6.61 Å². The first-order chi connectivity index (χ1) is 7.95. The predicted octanol–water partition coefficient (Wildman–Crippen LogP) is 1.73. The van der Waals surface area contributed by atoms with Crippen molar-refractivity contribution in [2.45, 2.75) is 26.7 Å². The zero-order valence-electron chi connectivity index (χ0n) is 9.55. The molecule has 0 atom stereocenters. The molecule has 0 saturated carbocycles. The molecule has 1 aromatic rings. The molecule has 0 bridgehead atoms. The van der Waals surface area contributed by atoms with Crippen LogP contribution in [0.5, 0.6) is 0 Å². The van der Waals surface area contributed by atoms with Crippen LogP contribution in [0.2, 0.25) is 0 Å². The van der Waals surface area contributed by atoms with Gasteiger partial charge in [-0.1, -0.05) is 0 Å². The minimum atomic E-state index is -2.91. The maximum absolute atomic E-state index is 12.7. The van der Waals surface area contributed by atoms with Gasteiger partial charge in [0.15, 0.2) is 5.43 Å². The Hall–Kier alpha value is -1.72. The summed E-state index contributed by atoms with van der Waals surface area (Å²) in [7, 11) is 0. The van der Waals surface area contributed by atoms with E-state index in [0.29, 0.717) is 5.69 Å². The molecular formula is C11H13F2NO3.